The van der Waals surface area contributed by atoms with Crippen molar-refractivity contribution in [3.05, 3.63) is 35.9 Å². The standard InChI is InChI=1S/C14H17ClN2O4/c15-6-13(19)16-11-7-17(8-12(11)18)14(20)21-9-10-4-2-1-3-5-10/h1-5,11-12,18H,6-9H2,(H,16,19). The summed E-state index contributed by atoms with van der Waals surface area (Å²) >= 11 is 5.40. The van der Waals surface area contributed by atoms with Crippen LogP contribution in [0.1, 0.15) is 5.56 Å². The molecular weight excluding hydrogens is 296 g/mol. The summed E-state index contributed by atoms with van der Waals surface area (Å²) in [4.78, 5) is 24.5. The molecule has 0 aliphatic carbocycles. The summed E-state index contributed by atoms with van der Waals surface area (Å²) in [5.41, 5.74) is 0.887. The summed E-state index contributed by atoms with van der Waals surface area (Å²) < 4.78 is 5.18. The molecule has 0 radical (unpaired) electrons. The highest BCUT2D eigenvalue weighted by Gasteiger charge is 2.35. The molecule has 114 valence electrons. The Hall–Kier alpha value is -1.79. The van der Waals surface area contributed by atoms with Crippen LogP contribution in [0.2, 0.25) is 0 Å². The third-order valence-electron chi connectivity index (χ3n) is 3.22. The molecule has 2 unspecified atom stereocenters. The minimum atomic E-state index is -0.818. The Balaban J connectivity index is 1.82. The van der Waals surface area contributed by atoms with Crippen LogP contribution in [0, 0.1) is 0 Å². The Kier molecular flexibility index (Phi) is 5.41. The predicted octanol–water partition coefficient (Wildman–Crippen LogP) is 0.723. The van der Waals surface area contributed by atoms with E-state index in [1.54, 1.807) is 0 Å². The Bertz CT molecular complexity index is 497. The lowest BCUT2D eigenvalue weighted by atomic mass is 10.2. The number of aliphatic hydroxyl groups is 1. The molecule has 6 nitrogen and oxygen atoms in total. The Morgan fingerprint density at radius 3 is 2.71 bits per heavy atom. The number of hydrogen-bond acceptors (Lipinski definition) is 4. The predicted molar refractivity (Wildman–Crippen MR) is 76.9 cm³/mol. The number of hydrogen-bond donors (Lipinski definition) is 2. The van der Waals surface area contributed by atoms with Gasteiger partial charge in [-0.25, -0.2) is 4.79 Å². The molecule has 0 saturated carbocycles. The quantitative estimate of drug-likeness (QED) is 0.803. The first-order valence-electron chi connectivity index (χ1n) is 6.59. The summed E-state index contributed by atoms with van der Waals surface area (Å²) in [6.45, 7) is 0.503. The molecule has 2 rings (SSSR count). The number of nitrogens with one attached hydrogen (secondary N) is 1. The van der Waals surface area contributed by atoms with Gasteiger partial charge in [-0.05, 0) is 5.56 Å². The summed E-state index contributed by atoms with van der Waals surface area (Å²) in [5, 5.41) is 12.4. The molecule has 2 N–H and O–H groups in total. The molecule has 0 aromatic heterocycles. The largest absolute Gasteiger partial charge is 0.445 e. The number of halogens is 1. The van der Waals surface area contributed by atoms with Gasteiger partial charge in [-0.2, -0.15) is 0 Å². The van der Waals surface area contributed by atoms with Crippen LogP contribution >= 0.6 is 11.6 Å². The Morgan fingerprint density at radius 2 is 2.05 bits per heavy atom. The minimum absolute atomic E-state index is 0.126. The van der Waals surface area contributed by atoms with Gasteiger partial charge in [0.05, 0.1) is 18.7 Å². The normalized spacial score (nSPS) is 21.1. The highest BCUT2D eigenvalue weighted by Crippen LogP contribution is 2.13. The first-order chi connectivity index (χ1) is 10.1. The van der Waals surface area contributed by atoms with Crippen LogP contribution in [0.3, 0.4) is 0 Å². The second kappa shape index (κ2) is 7.28. The van der Waals surface area contributed by atoms with Gasteiger partial charge in [0.25, 0.3) is 0 Å². The van der Waals surface area contributed by atoms with Crippen LogP contribution in [0.15, 0.2) is 30.3 Å². The van der Waals surface area contributed by atoms with Gasteiger partial charge in [0.1, 0.15) is 12.5 Å². The molecule has 2 atom stereocenters. The minimum Gasteiger partial charge on any atom is -0.445 e. The first kappa shape index (κ1) is 15.6. The number of amides is 2. The SMILES string of the molecule is O=C(CCl)NC1CN(C(=O)OCc2ccccc2)CC1O. The monoisotopic (exact) mass is 312 g/mol. The van der Waals surface area contributed by atoms with Crippen molar-refractivity contribution in [2.24, 2.45) is 0 Å². The van der Waals surface area contributed by atoms with Crippen LogP contribution in [0.4, 0.5) is 4.79 Å². The number of carbonyl (C=O) groups excluding carboxylic acids is 2. The number of ether oxygens (including phenoxy) is 1. The number of β-amino-alcohol motifs (C(OH)–C–C–N with tert-alkyl or cyclic N) is 1. The third kappa shape index (κ3) is 4.34. The second-order valence-electron chi connectivity index (χ2n) is 4.82. The topological polar surface area (TPSA) is 78.9 Å². The number of nitrogens with zero attached hydrogens (tertiary/aromatic N) is 1. The first-order valence-corrected chi connectivity index (χ1v) is 7.12. The van der Waals surface area contributed by atoms with Crippen LogP contribution < -0.4 is 5.32 Å². The lowest BCUT2D eigenvalue weighted by Gasteiger charge is -2.16. The zero-order chi connectivity index (χ0) is 15.2. The average molecular weight is 313 g/mol. The number of likely N-dealkylation sites (tertiary alicyclic amines) is 1. The van der Waals surface area contributed by atoms with Crippen LogP contribution in [-0.4, -0.2) is 53.1 Å². The molecule has 7 heteroatoms. The summed E-state index contributed by atoms with van der Waals surface area (Å²) in [5.74, 6) is -0.554. The van der Waals surface area contributed by atoms with E-state index in [4.69, 9.17) is 16.3 Å². The van der Waals surface area contributed by atoms with Crippen molar-refractivity contribution in [1.82, 2.24) is 10.2 Å². The smallest absolute Gasteiger partial charge is 0.410 e. The molecule has 1 fully saturated rings. The van der Waals surface area contributed by atoms with Gasteiger partial charge in [-0.15, -0.1) is 11.6 Å². The molecule has 0 spiro atoms. The molecular formula is C14H17ClN2O4. The highest BCUT2D eigenvalue weighted by atomic mass is 35.5. The van der Waals surface area contributed by atoms with Crippen molar-refractivity contribution in [3.63, 3.8) is 0 Å². The molecule has 1 aliphatic heterocycles. The molecule has 21 heavy (non-hydrogen) atoms. The number of alkyl halides is 1. The van der Waals surface area contributed by atoms with Gasteiger partial charge in [-0.1, -0.05) is 30.3 Å². The molecule has 1 saturated heterocycles. The Morgan fingerprint density at radius 1 is 1.33 bits per heavy atom. The third-order valence-corrected chi connectivity index (χ3v) is 3.46. The average Bonchev–Trinajstić information content (AvgIpc) is 2.87. The number of carbonyl (C=O) groups is 2. The van der Waals surface area contributed by atoms with E-state index in [9.17, 15) is 14.7 Å². The fourth-order valence-electron chi connectivity index (χ4n) is 2.13. The van der Waals surface area contributed by atoms with E-state index in [0.717, 1.165) is 5.56 Å². The van der Waals surface area contributed by atoms with E-state index in [0.29, 0.717) is 0 Å². The van der Waals surface area contributed by atoms with E-state index in [1.807, 2.05) is 30.3 Å². The van der Waals surface area contributed by atoms with Crippen molar-refractivity contribution < 1.29 is 19.4 Å². The van der Waals surface area contributed by atoms with Gasteiger partial charge in [0.2, 0.25) is 5.91 Å². The fourth-order valence-corrected chi connectivity index (χ4v) is 2.21. The van der Waals surface area contributed by atoms with E-state index >= 15 is 0 Å². The van der Waals surface area contributed by atoms with E-state index in [1.165, 1.54) is 4.90 Å². The molecule has 0 bridgehead atoms. The van der Waals surface area contributed by atoms with Crippen LogP contribution in [-0.2, 0) is 16.1 Å². The summed E-state index contributed by atoms with van der Waals surface area (Å²) in [6.07, 6.45) is -1.33. The highest BCUT2D eigenvalue weighted by molar-refractivity contribution is 6.27. The fraction of sp³-hybridized carbons (Fsp3) is 0.429. The maximum absolute atomic E-state index is 11.9. The van der Waals surface area contributed by atoms with E-state index < -0.39 is 18.2 Å². The molecule has 1 aliphatic rings. The van der Waals surface area contributed by atoms with E-state index in [-0.39, 0.29) is 31.5 Å². The number of aliphatic hydroxyl groups excluding tert-OH is 1. The summed E-state index contributed by atoms with van der Waals surface area (Å²) in [7, 11) is 0. The number of rotatable bonds is 4. The number of benzene rings is 1. The second-order valence-corrected chi connectivity index (χ2v) is 5.09. The lowest BCUT2D eigenvalue weighted by Crippen LogP contribution is -2.43. The maximum Gasteiger partial charge on any atom is 0.410 e. The Labute approximate surface area is 127 Å². The van der Waals surface area contributed by atoms with E-state index in [2.05, 4.69) is 5.32 Å². The van der Waals surface area contributed by atoms with Crippen molar-refractivity contribution in [3.8, 4) is 0 Å². The van der Waals surface area contributed by atoms with Crippen molar-refractivity contribution in [2.45, 2.75) is 18.8 Å². The zero-order valence-electron chi connectivity index (χ0n) is 11.4. The van der Waals surface area contributed by atoms with Gasteiger partial charge < -0.3 is 20.1 Å². The van der Waals surface area contributed by atoms with Gasteiger partial charge in [0, 0.05) is 6.54 Å². The van der Waals surface area contributed by atoms with Gasteiger partial charge in [-0.3, -0.25) is 4.79 Å². The van der Waals surface area contributed by atoms with Crippen molar-refractivity contribution in [1.29, 1.82) is 0 Å². The van der Waals surface area contributed by atoms with Crippen molar-refractivity contribution >= 4 is 23.6 Å². The maximum atomic E-state index is 11.9. The summed E-state index contributed by atoms with van der Waals surface area (Å²) in [6, 6.07) is 8.80. The van der Waals surface area contributed by atoms with Crippen LogP contribution in [0.25, 0.3) is 0 Å². The molecule has 2 amide bonds. The van der Waals surface area contributed by atoms with Gasteiger partial charge >= 0.3 is 6.09 Å². The molecule has 1 aromatic rings. The van der Waals surface area contributed by atoms with Crippen LogP contribution in [0.5, 0.6) is 0 Å². The molecule has 1 heterocycles. The van der Waals surface area contributed by atoms with Crippen molar-refractivity contribution in [2.75, 3.05) is 19.0 Å². The van der Waals surface area contributed by atoms with Gasteiger partial charge in [0.15, 0.2) is 0 Å². The zero-order valence-corrected chi connectivity index (χ0v) is 12.1. The lowest BCUT2D eigenvalue weighted by molar-refractivity contribution is -0.119. The molecule has 1 aromatic carbocycles.